The SMILES string of the molecule is CN[C@H]1CN(Cc2ccccc2)CC[C@@H]1CO. The fraction of sp³-hybridized carbons (Fsp3) is 0.571. The van der Waals surface area contributed by atoms with E-state index in [-0.39, 0.29) is 0 Å². The Morgan fingerprint density at radius 1 is 1.35 bits per heavy atom. The Kier molecular flexibility index (Phi) is 4.54. The van der Waals surface area contributed by atoms with E-state index >= 15 is 0 Å². The number of hydrogen-bond donors (Lipinski definition) is 2. The van der Waals surface area contributed by atoms with Crippen LogP contribution in [0.5, 0.6) is 0 Å². The maximum absolute atomic E-state index is 9.31. The average molecular weight is 234 g/mol. The molecule has 0 unspecified atom stereocenters. The molecule has 3 heteroatoms. The maximum Gasteiger partial charge on any atom is 0.0475 e. The van der Waals surface area contributed by atoms with E-state index in [0.29, 0.717) is 18.6 Å². The van der Waals surface area contributed by atoms with E-state index in [0.717, 1.165) is 26.1 Å². The Hall–Kier alpha value is -0.900. The zero-order valence-electron chi connectivity index (χ0n) is 10.5. The smallest absolute Gasteiger partial charge is 0.0475 e. The lowest BCUT2D eigenvalue weighted by molar-refractivity contribution is 0.0949. The van der Waals surface area contributed by atoms with Gasteiger partial charge in [-0.15, -0.1) is 0 Å². The number of aliphatic hydroxyl groups is 1. The van der Waals surface area contributed by atoms with Crippen molar-refractivity contribution in [1.82, 2.24) is 10.2 Å². The lowest BCUT2D eigenvalue weighted by atomic mass is 9.92. The number of rotatable bonds is 4. The van der Waals surface area contributed by atoms with Gasteiger partial charge in [0, 0.05) is 25.7 Å². The van der Waals surface area contributed by atoms with Crippen LogP contribution >= 0.6 is 0 Å². The van der Waals surface area contributed by atoms with Crippen molar-refractivity contribution in [3.8, 4) is 0 Å². The van der Waals surface area contributed by atoms with E-state index < -0.39 is 0 Å². The van der Waals surface area contributed by atoms with Gasteiger partial charge in [-0.2, -0.15) is 0 Å². The van der Waals surface area contributed by atoms with Crippen molar-refractivity contribution in [2.45, 2.75) is 19.0 Å². The minimum absolute atomic E-state index is 0.296. The molecule has 0 aliphatic carbocycles. The number of benzene rings is 1. The van der Waals surface area contributed by atoms with Crippen LogP contribution in [0.25, 0.3) is 0 Å². The van der Waals surface area contributed by atoms with Gasteiger partial charge < -0.3 is 10.4 Å². The van der Waals surface area contributed by atoms with Gasteiger partial charge in [-0.1, -0.05) is 30.3 Å². The molecule has 1 aliphatic heterocycles. The Morgan fingerprint density at radius 2 is 2.12 bits per heavy atom. The van der Waals surface area contributed by atoms with Crippen LogP contribution in [-0.2, 0) is 6.54 Å². The van der Waals surface area contributed by atoms with Crippen molar-refractivity contribution in [2.75, 3.05) is 26.7 Å². The molecule has 1 aliphatic rings. The summed E-state index contributed by atoms with van der Waals surface area (Å²) in [5.74, 6) is 0.409. The highest BCUT2D eigenvalue weighted by molar-refractivity contribution is 5.14. The van der Waals surface area contributed by atoms with Gasteiger partial charge in [-0.3, -0.25) is 4.90 Å². The summed E-state index contributed by atoms with van der Waals surface area (Å²) < 4.78 is 0. The van der Waals surface area contributed by atoms with Gasteiger partial charge in [0.15, 0.2) is 0 Å². The molecular weight excluding hydrogens is 212 g/mol. The molecule has 1 aromatic rings. The minimum Gasteiger partial charge on any atom is -0.396 e. The summed E-state index contributed by atoms with van der Waals surface area (Å²) in [4.78, 5) is 2.46. The number of aliphatic hydroxyl groups excluding tert-OH is 1. The van der Waals surface area contributed by atoms with Crippen LogP contribution < -0.4 is 5.32 Å². The number of nitrogens with zero attached hydrogens (tertiary/aromatic N) is 1. The van der Waals surface area contributed by atoms with Crippen molar-refractivity contribution in [1.29, 1.82) is 0 Å². The van der Waals surface area contributed by atoms with Crippen molar-refractivity contribution in [3.63, 3.8) is 0 Å². The largest absolute Gasteiger partial charge is 0.396 e. The maximum atomic E-state index is 9.31. The second-order valence-corrected chi connectivity index (χ2v) is 4.85. The molecule has 1 aromatic carbocycles. The van der Waals surface area contributed by atoms with Crippen LogP contribution in [0.1, 0.15) is 12.0 Å². The number of nitrogens with one attached hydrogen (secondary N) is 1. The summed E-state index contributed by atoms with van der Waals surface area (Å²) in [5, 5.41) is 12.6. The minimum atomic E-state index is 0.296. The van der Waals surface area contributed by atoms with Crippen molar-refractivity contribution in [2.24, 2.45) is 5.92 Å². The summed E-state index contributed by atoms with van der Waals surface area (Å²) >= 11 is 0. The van der Waals surface area contributed by atoms with E-state index in [4.69, 9.17) is 0 Å². The van der Waals surface area contributed by atoms with Crippen molar-refractivity contribution in [3.05, 3.63) is 35.9 Å². The molecule has 0 bridgehead atoms. The molecule has 0 aromatic heterocycles. The van der Waals surface area contributed by atoms with E-state index in [9.17, 15) is 5.11 Å². The van der Waals surface area contributed by atoms with Gasteiger partial charge in [0.25, 0.3) is 0 Å². The van der Waals surface area contributed by atoms with Crippen LogP contribution in [0.15, 0.2) is 30.3 Å². The zero-order chi connectivity index (χ0) is 12.1. The molecule has 0 amide bonds. The van der Waals surface area contributed by atoms with Crippen molar-refractivity contribution < 1.29 is 5.11 Å². The van der Waals surface area contributed by atoms with Crippen LogP contribution in [0.4, 0.5) is 0 Å². The summed E-state index contributed by atoms with van der Waals surface area (Å²) in [6, 6.07) is 11.0. The zero-order valence-corrected chi connectivity index (χ0v) is 10.5. The third-order valence-corrected chi connectivity index (χ3v) is 3.69. The fourth-order valence-electron chi connectivity index (χ4n) is 2.60. The first-order chi connectivity index (χ1) is 8.33. The van der Waals surface area contributed by atoms with E-state index in [2.05, 4.69) is 40.5 Å². The fourth-order valence-corrected chi connectivity index (χ4v) is 2.60. The molecule has 0 spiro atoms. The summed E-state index contributed by atoms with van der Waals surface area (Å²) in [6.45, 7) is 3.41. The Balaban J connectivity index is 1.91. The summed E-state index contributed by atoms with van der Waals surface area (Å²) in [6.07, 6.45) is 1.08. The molecule has 3 nitrogen and oxygen atoms in total. The van der Waals surface area contributed by atoms with Gasteiger partial charge in [-0.25, -0.2) is 0 Å². The predicted molar refractivity (Wildman–Crippen MR) is 69.8 cm³/mol. The topological polar surface area (TPSA) is 35.5 Å². The van der Waals surface area contributed by atoms with Crippen LogP contribution in [0, 0.1) is 5.92 Å². The van der Waals surface area contributed by atoms with Crippen LogP contribution in [0.2, 0.25) is 0 Å². The first-order valence-corrected chi connectivity index (χ1v) is 6.38. The molecule has 2 N–H and O–H groups in total. The molecule has 94 valence electrons. The second-order valence-electron chi connectivity index (χ2n) is 4.85. The molecular formula is C14H22N2O. The molecule has 1 saturated heterocycles. The molecule has 0 radical (unpaired) electrons. The lowest BCUT2D eigenvalue weighted by Crippen LogP contribution is -2.50. The van der Waals surface area contributed by atoms with E-state index in [1.807, 2.05) is 7.05 Å². The van der Waals surface area contributed by atoms with Gasteiger partial charge in [-0.05, 0) is 31.5 Å². The highest BCUT2D eigenvalue weighted by Crippen LogP contribution is 2.18. The van der Waals surface area contributed by atoms with E-state index in [1.54, 1.807) is 0 Å². The van der Waals surface area contributed by atoms with Crippen LogP contribution in [0.3, 0.4) is 0 Å². The quantitative estimate of drug-likeness (QED) is 0.818. The van der Waals surface area contributed by atoms with Gasteiger partial charge >= 0.3 is 0 Å². The highest BCUT2D eigenvalue weighted by atomic mass is 16.3. The molecule has 0 saturated carbocycles. The highest BCUT2D eigenvalue weighted by Gasteiger charge is 2.27. The molecule has 17 heavy (non-hydrogen) atoms. The van der Waals surface area contributed by atoms with Crippen LogP contribution in [-0.4, -0.2) is 42.8 Å². The van der Waals surface area contributed by atoms with Gasteiger partial charge in [0.2, 0.25) is 0 Å². The summed E-state index contributed by atoms with van der Waals surface area (Å²) in [7, 11) is 1.99. The third-order valence-electron chi connectivity index (χ3n) is 3.69. The Bertz CT molecular complexity index is 328. The number of likely N-dealkylation sites (N-methyl/N-ethyl adjacent to an activating group) is 1. The van der Waals surface area contributed by atoms with Gasteiger partial charge in [0.1, 0.15) is 0 Å². The average Bonchev–Trinajstić information content (AvgIpc) is 2.40. The monoisotopic (exact) mass is 234 g/mol. The van der Waals surface area contributed by atoms with Crippen molar-refractivity contribution >= 4 is 0 Å². The van der Waals surface area contributed by atoms with E-state index in [1.165, 1.54) is 5.56 Å². The first kappa shape index (κ1) is 12.6. The molecule has 2 atom stereocenters. The molecule has 2 rings (SSSR count). The Labute approximate surface area is 103 Å². The first-order valence-electron chi connectivity index (χ1n) is 6.38. The van der Waals surface area contributed by atoms with Gasteiger partial charge in [0.05, 0.1) is 0 Å². The molecule has 1 fully saturated rings. The standard InChI is InChI=1S/C14H22N2O/c1-15-14-10-16(8-7-13(14)11-17)9-12-5-3-2-4-6-12/h2-6,13-15,17H,7-11H2,1H3/t13-,14+/m1/s1. The molecule has 1 heterocycles. The second kappa shape index (κ2) is 6.15. The third kappa shape index (κ3) is 3.28. The Morgan fingerprint density at radius 3 is 2.76 bits per heavy atom. The number of piperidine rings is 1. The predicted octanol–water partition coefficient (Wildman–Crippen LogP) is 1.09. The number of likely N-dealkylation sites (tertiary alicyclic amines) is 1. The number of hydrogen-bond acceptors (Lipinski definition) is 3. The normalized spacial score (nSPS) is 26.0. The lowest BCUT2D eigenvalue weighted by Gasteiger charge is -2.37. The summed E-state index contributed by atoms with van der Waals surface area (Å²) in [5.41, 5.74) is 1.37.